The van der Waals surface area contributed by atoms with Gasteiger partial charge in [-0.25, -0.2) is 13.8 Å². The normalized spacial score (nSPS) is 21.0. The summed E-state index contributed by atoms with van der Waals surface area (Å²) in [7, 11) is -2.17. The Balaban J connectivity index is 1.16. The van der Waals surface area contributed by atoms with Crippen LogP contribution in [0.15, 0.2) is 43.0 Å². The van der Waals surface area contributed by atoms with Crippen LogP contribution < -0.4 is 0 Å². The van der Waals surface area contributed by atoms with Crippen LogP contribution in [0.5, 0.6) is 0 Å². The van der Waals surface area contributed by atoms with Crippen molar-refractivity contribution in [3.8, 4) is 16.9 Å². The molecule has 3 aliphatic rings. The number of nitrogens with one attached hydrogen (secondary N) is 1. The maximum Gasteiger partial charge on any atom is 0.247 e. The monoisotopic (exact) mass is 664 g/mol. The Labute approximate surface area is 271 Å². The number of amides is 1. The Hall–Kier alpha value is -3.81. The zero-order valence-corrected chi connectivity index (χ0v) is 28.1. The van der Waals surface area contributed by atoms with Crippen molar-refractivity contribution in [1.82, 2.24) is 40.1 Å². The van der Waals surface area contributed by atoms with Gasteiger partial charge in [0.1, 0.15) is 23.4 Å². The summed E-state index contributed by atoms with van der Waals surface area (Å²) in [4.78, 5) is 27.8. The van der Waals surface area contributed by atoms with Gasteiger partial charge < -0.3 is 14.3 Å². The fourth-order valence-corrected chi connectivity index (χ4v) is 8.20. The number of hydrogen-bond acceptors (Lipinski definition) is 7. The average Bonchev–Trinajstić information content (AvgIpc) is 3.40. The van der Waals surface area contributed by atoms with Crippen LogP contribution >= 0.6 is 11.6 Å². The number of halogens is 3. The highest BCUT2D eigenvalue weighted by molar-refractivity contribution is 6.74. The van der Waals surface area contributed by atoms with E-state index in [4.69, 9.17) is 16.0 Å². The number of hydrogen-bond donors (Lipinski definition) is 1. The minimum absolute atomic E-state index is 0.0186. The fourth-order valence-electron chi connectivity index (χ4n) is 6.46. The molecule has 5 heterocycles. The summed E-state index contributed by atoms with van der Waals surface area (Å²) >= 11 is 6.16. The number of H-pyrrole nitrogens is 1. The summed E-state index contributed by atoms with van der Waals surface area (Å²) in [6.07, 6.45) is 9.26. The van der Waals surface area contributed by atoms with Gasteiger partial charge in [0.15, 0.2) is 20.0 Å². The average molecular weight is 665 g/mol. The van der Waals surface area contributed by atoms with Crippen molar-refractivity contribution in [2.75, 3.05) is 0 Å². The lowest BCUT2D eigenvalue weighted by molar-refractivity contribution is -0.129. The first-order valence-electron chi connectivity index (χ1n) is 15.4. The number of imidazole rings is 1. The number of aromatic amines is 1. The van der Waals surface area contributed by atoms with Gasteiger partial charge in [-0.3, -0.25) is 9.78 Å². The Morgan fingerprint density at radius 3 is 2.59 bits per heavy atom. The molecule has 1 N–H and O–H groups in total. The summed E-state index contributed by atoms with van der Waals surface area (Å²) < 4.78 is 39.7. The molecule has 0 radical (unpaired) electrons. The standard InChI is InChI=1S/C32H35ClF2N8O2Si/c1-31(2,3)46(4,5)45-32(11-12-32)29-27(34)20(10-13-36-29)22-16-37-30(39-22)24-8-6-19-14-18(15-25(44)43(19)24)26-23(42-17-38-40-41-42)9-7-21(33)28(26)35/h7,9-10,13,15-17,19,24H,6,8,11-12,14H2,1-5H3,(H,37,39)/t19-,24?/m1/s1. The molecular weight excluding hydrogens is 630 g/mol. The zero-order chi connectivity index (χ0) is 32.6. The molecule has 1 saturated carbocycles. The van der Waals surface area contributed by atoms with Crippen molar-refractivity contribution >= 4 is 31.4 Å². The molecule has 1 saturated heterocycles. The van der Waals surface area contributed by atoms with Gasteiger partial charge in [0.05, 0.1) is 28.6 Å². The molecule has 1 amide bonds. The quantitative estimate of drug-likeness (QED) is 0.214. The van der Waals surface area contributed by atoms with E-state index in [1.165, 1.54) is 23.2 Å². The Kier molecular flexibility index (Phi) is 7.29. The number of fused-ring (bicyclic) bond motifs is 1. The van der Waals surface area contributed by atoms with Crippen molar-refractivity contribution in [3.05, 3.63) is 76.7 Å². The Morgan fingerprint density at radius 1 is 1.11 bits per heavy atom. The van der Waals surface area contributed by atoms with Gasteiger partial charge in [-0.2, -0.15) is 4.68 Å². The first-order chi connectivity index (χ1) is 21.8. The molecule has 1 unspecified atom stereocenters. The molecular formula is C32H35ClF2N8O2Si. The van der Waals surface area contributed by atoms with E-state index in [1.54, 1.807) is 29.4 Å². The van der Waals surface area contributed by atoms with E-state index in [0.29, 0.717) is 53.3 Å². The maximum absolute atomic E-state index is 16.2. The van der Waals surface area contributed by atoms with E-state index < -0.39 is 25.6 Å². The summed E-state index contributed by atoms with van der Waals surface area (Å²) in [5.74, 6) is -0.734. The van der Waals surface area contributed by atoms with Crippen molar-refractivity contribution in [2.24, 2.45) is 0 Å². The number of carbonyl (C=O) groups excluding carboxylic acids is 1. The molecule has 2 fully saturated rings. The number of aromatic nitrogens is 7. The van der Waals surface area contributed by atoms with Crippen LogP contribution in [0.25, 0.3) is 22.5 Å². The van der Waals surface area contributed by atoms with Gasteiger partial charge in [0, 0.05) is 29.4 Å². The third-order valence-electron chi connectivity index (χ3n) is 9.98. The number of rotatable bonds is 7. The number of tetrazole rings is 1. The maximum atomic E-state index is 16.2. The lowest BCUT2D eigenvalue weighted by atomic mass is 9.92. The predicted octanol–water partition coefficient (Wildman–Crippen LogP) is 6.91. The molecule has 4 aromatic rings. The van der Waals surface area contributed by atoms with Crippen molar-refractivity contribution in [2.45, 2.75) is 88.7 Å². The van der Waals surface area contributed by atoms with Crippen LogP contribution in [0.3, 0.4) is 0 Å². The van der Waals surface area contributed by atoms with Crippen LogP contribution in [-0.4, -0.2) is 60.3 Å². The number of benzene rings is 1. The van der Waals surface area contributed by atoms with Crippen LogP contribution in [0, 0.1) is 11.6 Å². The van der Waals surface area contributed by atoms with Crippen molar-refractivity contribution < 1.29 is 18.0 Å². The number of carbonyl (C=O) groups is 1. The molecule has 1 aliphatic carbocycles. The first kappa shape index (κ1) is 30.8. The van der Waals surface area contributed by atoms with E-state index in [0.717, 1.165) is 12.8 Å². The Bertz CT molecular complexity index is 1870. The van der Waals surface area contributed by atoms with E-state index >= 15 is 8.78 Å². The zero-order valence-electron chi connectivity index (χ0n) is 26.3. The third-order valence-corrected chi connectivity index (χ3v) is 14.8. The number of pyridine rings is 1. The first-order valence-corrected chi connectivity index (χ1v) is 18.7. The molecule has 3 aromatic heterocycles. The van der Waals surface area contributed by atoms with Crippen molar-refractivity contribution in [1.29, 1.82) is 0 Å². The van der Waals surface area contributed by atoms with Crippen LogP contribution in [0.4, 0.5) is 8.78 Å². The lowest BCUT2D eigenvalue weighted by Crippen LogP contribution is -2.44. The van der Waals surface area contributed by atoms with Gasteiger partial charge >= 0.3 is 0 Å². The third kappa shape index (κ3) is 5.08. The highest BCUT2D eigenvalue weighted by Gasteiger charge is 2.55. The highest BCUT2D eigenvalue weighted by atomic mass is 35.5. The van der Waals surface area contributed by atoms with Gasteiger partial charge in [-0.15, -0.1) is 5.10 Å². The molecule has 0 bridgehead atoms. The van der Waals surface area contributed by atoms with Gasteiger partial charge in [-0.05, 0) is 84.4 Å². The van der Waals surface area contributed by atoms with Crippen LogP contribution in [0.2, 0.25) is 23.2 Å². The van der Waals surface area contributed by atoms with Crippen molar-refractivity contribution in [3.63, 3.8) is 0 Å². The van der Waals surface area contributed by atoms with Crippen LogP contribution in [-0.2, 0) is 14.8 Å². The SMILES string of the molecule is CC(C)(C)[Si](C)(C)OC1(c2nccc(-c3cnc(C4CC[C@@H]5CC(c6c(-n7cnnn7)ccc(Cl)c6F)=CC(=O)N45)[nH]3)c2F)CC1. The summed E-state index contributed by atoms with van der Waals surface area (Å²) in [5, 5.41) is 11.2. The van der Waals surface area contributed by atoms with E-state index in [9.17, 15) is 4.79 Å². The summed E-state index contributed by atoms with van der Waals surface area (Å²) in [6, 6.07) is 4.19. The largest absolute Gasteiger partial charge is 0.406 e. The molecule has 240 valence electrons. The second-order valence-corrected chi connectivity index (χ2v) is 19.1. The highest BCUT2D eigenvalue weighted by Crippen LogP contribution is 2.54. The Morgan fingerprint density at radius 2 is 1.89 bits per heavy atom. The summed E-state index contributed by atoms with van der Waals surface area (Å²) in [6.45, 7) is 10.8. The minimum atomic E-state index is -2.17. The predicted molar refractivity (Wildman–Crippen MR) is 170 cm³/mol. The minimum Gasteiger partial charge on any atom is -0.406 e. The lowest BCUT2D eigenvalue weighted by Gasteiger charge is -2.39. The van der Waals surface area contributed by atoms with Gasteiger partial charge in [0.2, 0.25) is 5.91 Å². The fraction of sp³-hybridized carbons (Fsp3) is 0.438. The molecule has 14 heteroatoms. The second kappa shape index (κ2) is 10.9. The molecule has 1 aromatic carbocycles. The van der Waals surface area contributed by atoms with E-state index in [1.807, 2.05) is 0 Å². The van der Waals surface area contributed by atoms with Gasteiger partial charge in [0.25, 0.3) is 0 Å². The second-order valence-electron chi connectivity index (χ2n) is 13.9. The van der Waals surface area contributed by atoms with E-state index in [-0.39, 0.29) is 33.6 Å². The van der Waals surface area contributed by atoms with Crippen LogP contribution in [0.1, 0.15) is 76.0 Å². The smallest absolute Gasteiger partial charge is 0.247 e. The molecule has 7 rings (SSSR count). The summed E-state index contributed by atoms with van der Waals surface area (Å²) in [5.41, 5.74) is 1.62. The number of nitrogens with zero attached hydrogens (tertiary/aromatic N) is 7. The molecule has 10 nitrogen and oxygen atoms in total. The molecule has 2 aliphatic heterocycles. The molecule has 0 spiro atoms. The van der Waals surface area contributed by atoms with Gasteiger partial charge in [-0.1, -0.05) is 32.4 Å². The molecule has 46 heavy (non-hydrogen) atoms. The molecule has 2 atom stereocenters. The topological polar surface area (TPSA) is 115 Å². The van der Waals surface area contributed by atoms with E-state index in [2.05, 4.69) is 64.3 Å².